The number of carbonyl (C=O) groups excluding carboxylic acids is 1. The highest BCUT2D eigenvalue weighted by atomic mass is 16.3. The molecule has 3 rings (SSSR count). The van der Waals surface area contributed by atoms with Crippen molar-refractivity contribution in [3.05, 3.63) is 41.7 Å². The third kappa shape index (κ3) is 3.03. The molecule has 1 aliphatic rings. The Balaban J connectivity index is 1.67. The highest BCUT2D eigenvalue weighted by Gasteiger charge is 2.28. The monoisotopic (exact) mass is 316 g/mol. The number of carbonyl (C=O) groups is 1. The van der Waals surface area contributed by atoms with E-state index < -0.39 is 0 Å². The second-order valence-corrected chi connectivity index (χ2v) is 6.20. The molecule has 0 atom stereocenters. The molecular weight excluding hydrogens is 292 g/mol. The normalized spacial score (nSPS) is 16.0. The van der Waals surface area contributed by atoms with Crippen molar-refractivity contribution in [3.63, 3.8) is 0 Å². The smallest absolute Gasteiger partial charge is 0.270 e. The molecule has 0 aromatic carbocycles. The fourth-order valence-corrected chi connectivity index (χ4v) is 3.38. The number of imidazole rings is 1. The minimum atomic E-state index is 0.103. The maximum absolute atomic E-state index is 12.5. The van der Waals surface area contributed by atoms with Gasteiger partial charge < -0.3 is 19.1 Å². The van der Waals surface area contributed by atoms with Crippen LogP contribution in [0.1, 0.15) is 40.8 Å². The third-order valence-electron chi connectivity index (χ3n) is 4.72. The van der Waals surface area contributed by atoms with E-state index in [2.05, 4.69) is 9.55 Å². The number of aromatic nitrogens is 3. The predicted octanol–water partition coefficient (Wildman–Crippen LogP) is 1.54. The van der Waals surface area contributed by atoms with Crippen molar-refractivity contribution in [2.24, 2.45) is 7.05 Å². The van der Waals surface area contributed by atoms with Crippen LogP contribution in [0.5, 0.6) is 0 Å². The van der Waals surface area contributed by atoms with Gasteiger partial charge in [-0.15, -0.1) is 0 Å². The van der Waals surface area contributed by atoms with Crippen LogP contribution < -0.4 is 0 Å². The second kappa shape index (κ2) is 6.58. The molecule has 23 heavy (non-hydrogen) atoms. The third-order valence-corrected chi connectivity index (χ3v) is 4.72. The van der Waals surface area contributed by atoms with E-state index in [0.29, 0.717) is 12.5 Å². The van der Waals surface area contributed by atoms with Gasteiger partial charge in [0.05, 0.1) is 6.61 Å². The molecule has 0 aliphatic carbocycles. The van der Waals surface area contributed by atoms with Crippen LogP contribution in [0.15, 0.2) is 24.5 Å². The van der Waals surface area contributed by atoms with Crippen molar-refractivity contribution in [2.75, 3.05) is 19.7 Å². The maximum Gasteiger partial charge on any atom is 0.270 e. The Morgan fingerprint density at radius 2 is 2.13 bits per heavy atom. The van der Waals surface area contributed by atoms with Gasteiger partial charge in [-0.2, -0.15) is 0 Å². The van der Waals surface area contributed by atoms with Crippen LogP contribution in [0.2, 0.25) is 0 Å². The molecule has 1 aliphatic heterocycles. The van der Waals surface area contributed by atoms with Gasteiger partial charge in [0.1, 0.15) is 11.5 Å². The minimum absolute atomic E-state index is 0.103. The Bertz CT molecular complexity index is 681. The first-order valence-electron chi connectivity index (χ1n) is 8.15. The molecular formula is C17H24N4O2. The number of aryl methyl sites for hydroxylation is 2. The summed E-state index contributed by atoms with van der Waals surface area (Å²) in [6.45, 7) is 4.22. The van der Waals surface area contributed by atoms with Gasteiger partial charge in [0.15, 0.2) is 0 Å². The van der Waals surface area contributed by atoms with E-state index in [1.165, 1.54) is 0 Å². The number of hydrogen-bond acceptors (Lipinski definition) is 3. The number of nitrogens with zero attached hydrogens (tertiary/aromatic N) is 4. The van der Waals surface area contributed by atoms with E-state index in [9.17, 15) is 9.90 Å². The maximum atomic E-state index is 12.5. The largest absolute Gasteiger partial charge is 0.395 e. The number of aliphatic hydroxyl groups excluding tert-OH is 1. The molecule has 3 heterocycles. The van der Waals surface area contributed by atoms with Crippen molar-refractivity contribution >= 4 is 5.91 Å². The van der Waals surface area contributed by atoms with Gasteiger partial charge in [-0.05, 0) is 31.9 Å². The van der Waals surface area contributed by atoms with Gasteiger partial charge in [0.2, 0.25) is 0 Å². The number of rotatable bonds is 4. The molecule has 0 saturated carbocycles. The van der Waals surface area contributed by atoms with E-state index in [4.69, 9.17) is 0 Å². The van der Waals surface area contributed by atoms with Crippen molar-refractivity contribution in [2.45, 2.75) is 32.2 Å². The average molecular weight is 316 g/mol. The quantitative estimate of drug-likeness (QED) is 0.931. The van der Waals surface area contributed by atoms with Crippen LogP contribution in [-0.4, -0.2) is 49.7 Å². The first-order chi connectivity index (χ1) is 11.1. The zero-order valence-electron chi connectivity index (χ0n) is 13.8. The van der Waals surface area contributed by atoms with Crippen molar-refractivity contribution < 1.29 is 9.90 Å². The van der Waals surface area contributed by atoms with E-state index in [-0.39, 0.29) is 12.5 Å². The Morgan fingerprint density at radius 3 is 2.74 bits per heavy atom. The Hall–Kier alpha value is -2.08. The van der Waals surface area contributed by atoms with Gasteiger partial charge in [-0.1, -0.05) is 0 Å². The molecule has 1 amide bonds. The van der Waals surface area contributed by atoms with E-state index >= 15 is 0 Å². The van der Waals surface area contributed by atoms with E-state index in [1.807, 2.05) is 48.0 Å². The topological polar surface area (TPSA) is 63.3 Å². The molecule has 124 valence electrons. The van der Waals surface area contributed by atoms with E-state index in [0.717, 1.165) is 43.1 Å². The Morgan fingerprint density at radius 1 is 1.39 bits per heavy atom. The highest BCUT2D eigenvalue weighted by Crippen LogP contribution is 2.28. The molecule has 0 spiro atoms. The molecule has 2 aromatic heterocycles. The molecule has 6 nitrogen and oxygen atoms in total. The average Bonchev–Trinajstić information content (AvgIpc) is 3.14. The SMILES string of the molecule is Cc1cnc(C2CCN(C(=O)c3cccn3C)CC2)n1CCO. The number of aliphatic hydroxyl groups is 1. The number of hydrogen-bond donors (Lipinski definition) is 1. The lowest BCUT2D eigenvalue weighted by molar-refractivity contribution is 0.0700. The summed E-state index contributed by atoms with van der Waals surface area (Å²) in [7, 11) is 1.90. The van der Waals surface area contributed by atoms with Crippen LogP contribution in [0.25, 0.3) is 0 Å². The molecule has 0 bridgehead atoms. The van der Waals surface area contributed by atoms with Crippen LogP contribution in [-0.2, 0) is 13.6 Å². The molecule has 0 unspecified atom stereocenters. The summed E-state index contributed by atoms with van der Waals surface area (Å²) in [5.41, 5.74) is 1.82. The summed E-state index contributed by atoms with van der Waals surface area (Å²) >= 11 is 0. The predicted molar refractivity (Wildman–Crippen MR) is 87.3 cm³/mol. The minimum Gasteiger partial charge on any atom is -0.395 e. The number of piperidine rings is 1. The van der Waals surface area contributed by atoms with Crippen molar-refractivity contribution in [1.82, 2.24) is 19.0 Å². The van der Waals surface area contributed by atoms with Gasteiger partial charge in [0, 0.05) is 50.7 Å². The fraction of sp³-hybridized carbons (Fsp3) is 0.529. The summed E-state index contributed by atoms with van der Waals surface area (Å²) in [6.07, 6.45) is 5.59. The summed E-state index contributed by atoms with van der Waals surface area (Å²) in [5.74, 6) is 1.50. The standard InChI is InChI=1S/C17H24N4O2/c1-13-12-18-16(21(13)10-11-22)14-5-8-20(9-6-14)17(23)15-4-3-7-19(15)2/h3-4,7,12,14,22H,5-6,8-11H2,1-2H3. The lowest BCUT2D eigenvalue weighted by Gasteiger charge is -2.32. The van der Waals surface area contributed by atoms with Crippen LogP contribution >= 0.6 is 0 Å². The Labute approximate surface area is 136 Å². The molecule has 6 heteroatoms. The number of likely N-dealkylation sites (tertiary alicyclic amines) is 1. The molecule has 1 saturated heterocycles. The number of amides is 1. The lowest BCUT2D eigenvalue weighted by Crippen LogP contribution is -2.39. The van der Waals surface area contributed by atoms with E-state index in [1.54, 1.807) is 0 Å². The summed E-state index contributed by atoms with van der Waals surface area (Å²) in [5, 5.41) is 9.23. The molecule has 1 N–H and O–H groups in total. The van der Waals surface area contributed by atoms with Crippen molar-refractivity contribution in [1.29, 1.82) is 0 Å². The van der Waals surface area contributed by atoms with Gasteiger partial charge in [-0.3, -0.25) is 4.79 Å². The molecule has 1 fully saturated rings. The zero-order chi connectivity index (χ0) is 16.4. The van der Waals surface area contributed by atoms with Crippen LogP contribution in [0.3, 0.4) is 0 Å². The highest BCUT2D eigenvalue weighted by molar-refractivity contribution is 5.92. The van der Waals surface area contributed by atoms with Crippen molar-refractivity contribution in [3.8, 4) is 0 Å². The molecule has 0 radical (unpaired) electrons. The van der Waals surface area contributed by atoms with Gasteiger partial charge in [-0.25, -0.2) is 4.98 Å². The first kappa shape index (κ1) is 15.8. The van der Waals surface area contributed by atoms with Crippen LogP contribution in [0.4, 0.5) is 0 Å². The summed E-state index contributed by atoms with van der Waals surface area (Å²) in [4.78, 5) is 19.0. The van der Waals surface area contributed by atoms with Gasteiger partial charge in [0.25, 0.3) is 5.91 Å². The lowest BCUT2D eigenvalue weighted by atomic mass is 9.95. The van der Waals surface area contributed by atoms with Crippen LogP contribution in [0, 0.1) is 6.92 Å². The zero-order valence-corrected chi connectivity index (χ0v) is 13.8. The van der Waals surface area contributed by atoms with Gasteiger partial charge >= 0.3 is 0 Å². The summed E-state index contributed by atoms with van der Waals surface area (Å²) in [6, 6.07) is 3.76. The molecule has 2 aromatic rings. The fourth-order valence-electron chi connectivity index (χ4n) is 3.38. The summed E-state index contributed by atoms with van der Waals surface area (Å²) < 4.78 is 3.96. The Kier molecular flexibility index (Phi) is 4.52. The second-order valence-electron chi connectivity index (χ2n) is 6.20. The first-order valence-corrected chi connectivity index (χ1v) is 8.15.